The normalized spacial score (nSPS) is 13.4. The average Bonchev–Trinajstić information content (AvgIpc) is 2.92. The summed E-state index contributed by atoms with van der Waals surface area (Å²) in [6.45, 7) is 5.81. The van der Waals surface area contributed by atoms with E-state index < -0.39 is 59.6 Å². The fraction of sp³-hybridized carbons (Fsp3) is 0.339. The second-order valence-electron chi connectivity index (χ2n) is 20.2. The van der Waals surface area contributed by atoms with E-state index in [1.54, 1.807) is 66.7 Å². The lowest BCUT2D eigenvalue weighted by Crippen LogP contribution is -2.36. The van der Waals surface area contributed by atoms with Crippen molar-refractivity contribution >= 4 is 42.3 Å². The van der Waals surface area contributed by atoms with E-state index in [1.807, 2.05) is 19.1 Å². The highest BCUT2D eigenvalue weighted by atomic mass is 32.2. The molecule has 1 aliphatic rings. The van der Waals surface area contributed by atoms with Crippen LogP contribution in [0.2, 0.25) is 0 Å². The second kappa shape index (κ2) is 30.4. The maximum atomic E-state index is 13.2. The van der Waals surface area contributed by atoms with Crippen LogP contribution in [0, 0.1) is 42.4 Å². The number of ether oxygens (including phenoxy) is 5. The molecule has 0 spiro atoms. The first-order valence-corrected chi connectivity index (χ1v) is 31.9. The summed E-state index contributed by atoms with van der Waals surface area (Å²) in [5, 5.41) is 0. The largest absolute Gasteiger partial charge is 0.497 e. The number of nitrogens with zero attached hydrogens (tertiary/aromatic N) is 6. The Morgan fingerprint density at radius 1 is 0.437 bits per heavy atom. The fourth-order valence-electron chi connectivity index (χ4n) is 9.35. The Bertz CT molecular complexity index is 3890. The summed E-state index contributed by atoms with van der Waals surface area (Å²) in [6.07, 6.45) is -0.0709. The summed E-state index contributed by atoms with van der Waals surface area (Å²) in [5.41, 5.74) is 7.09. The van der Waals surface area contributed by atoms with Crippen molar-refractivity contribution in [3.05, 3.63) is 175 Å². The first-order valence-electron chi connectivity index (χ1n) is 27.1. The summed E-state index contributed by atoms with van der Waals surface area (Å²) in [4.78, 5) is 47.3. The number of pyridine rings is 3. The van der Waals surface area contributed by atoms with Crippen molar-refractivity contribution in [1.82, 2.24) is 29.7 Å². The van der Waals surface area contributed by atoms with Gasteiger partial charge in [-0.1, -0.05) is 35.5 Å². The zero-order valence-corrected chi connectivity index (χ0v) is 51.3. The van der Waals surface area contributed by atoms with E-state index in [4.69, 9.17) is 38.6 Å². The number of methoxy groups -OCH3 is 5. The third kappa shape index (κ3) is 21.3. The van der Waals surface area contributed by atoms with Crippen LogP contribution in [0.3, 0.4) is 0 Å². The molecule has 87 heavy (non-hydrogen) atoms. The van der Waals surface area contributed by atoms with Gasteiger partial charge in [0.1, 0.15) is 28.6 Å². The van der Waals surface area contributed by atoms with Crippen molar-refractivity contribution in [3.8, 4) is 52.8 Å². The Balaban J connectivity index is 1.23. The van der Waals surface area contributed by atoms with Crippen LogP contribution < -0.4 is 14.2 Å². The number of carbonyl (C=O) groups is 2. The second-order valence-corrected chi connectivity index (χ2v) is 24.9. The van der Waals surface area contributed by atoms with Gasteiger partial charge in [-0.05, 0) is 134 Å². The van der Waals surface area contributed by atoms with Crippen molar-refractivity contribution < 1.29 is 72.2 Å². The minimum atomic E-state index is -4.29. The molecule has 0 atom stereocenters. The molecule has 3 N–H and O–H groups in total. The van der Waals surface area contributed by atoms with E-state index >= 15 is 0 Å². The minimum Gasteiger partial charge on any atom is -0.497 e. The van der Waals surface area contributed by atoms with Gasteiger partial charge < -0.3 is 23.7 Å². The zero-order chi connectivity index (χ0) is 62.9. The molecule has 0 saturated carbocycles. The van der Waals surface area contributed by atoms with E-state index in [0.29, 0.717) is 130 Å². The van der Waals surface area contributed by atoms with E-state index in [9.17, 15) is 48.5 Å². The van der Waals surface area contributed by atoms with Crippen LogP contribution in [0.15, 0.2) is 91.0 Å². The number of rotatable bonds is 20. The standard InChI is InChI=1S/C62H66N6O16S3/c1-43-31-44(7-10-47-13-16-56(80-2)37-50(47)19-28-85(71,72)73)32-53(63-43)40-66-22-24-67(41-54-33-45(35-59(64-54)61(69)83-5)8-11-48-14-17-57(81-3)38-51(48)20-29-86(74,75)76)26-27-68(25-23-66)42-55-34-46(36-60(65-55)62(70)84-6)9-12-49-15-18-58(82-4)39-52(49)21-30-87(77,78)79/h13-18,31-39H,19-30,40-42H2,1-6H3,(H,71,72,73)(H,74,75,76)(H,77,78,79). The molecule has 25 heteroatoms. The van der Waals surface area contributed by atoms with Gasteiger partial charge in [0, 0.05) is 98.0 Å². The lowest BCUT2D eigenvalue weighted by atomic mass is 10.0. The highest BCUT2D eigenvalue weighted by molar-refractivity contribution is 7.86. The zero-order valence-electron chi connectivity index (χ0n) is 48.8. The molecule has 458 valence electrons. The monoisotopic (exact) mass is 1250 g/mol. The summed E-state index contributed by atoms with van der Waals surface area (Å²) >= 11 is 0. The first-order chi connectivity index (χ1) is 41.4. The van der Waals surface area contributed by atoms with Gasteiger partial charge in [-0.2, -0.15) is 25.3 Å². The van der Waals surface area contributed by atoms with Crippen LogP contribution >= 0.6 is 0 Å². The van der Waals surface area contributed by atoms with Crippen LogP contribution in [0.4, 0.5) is 0 Å². The highest BCUT2D eigenvalue weighted by Crippen LogP contribution is 2.23. The maximum Gasteiger partial charge on any atom is 0.356 e. The molecule has 3 aromatic heterocycles. The summed E-state index contributed by atoms with van der Waals surface area (Å²) in [7, 11) is -5.90. The lowest BCUT2D eigenvalue weighted by Gasteiger charge is -2.25. The summed E-state index contributed by atoms with van der Waals surface area (Å²) in [6, 6.07) is 25.4. The number of carbonyl (C=O) groups excluding carboxylic acids is 2. The molecule has 0 amide bonds. The molecule has 1 saturated heterocycles. The number of hydrogen-bond donors (Lipinski definition) is 3. The van der Waals surface area contributed by atoms with Gasteiger partial charge in [0.25, 0.3) is 30.4 Å². The van der Waals surface area contributed by atoms with Gasteiger partial charge in [-0.15, -0.1) is 0 Å². The van der Waals surface area contributed by atoms with E-state index in [0.717, 1.165) is 5.69 Å². The molecule has 0 unspecified atom stereocenters. The number of aromatic nitrogens is 3. The molecule has 1 fully saturated rings. The quantitative estimate of drug-likeness (QED) is 0.0509. The van der Waals surface area contributed by atoms with Crippen LogP contribution in [-0.4, -0.2) is 173 Å². The topological polar surface area (TPSA) is 292 Å². The molecule has 0 radical (unpaired) electrons. The van der Waals surface area contributed by atoms with Crippen molar-refractivity contribution in [3.63, 3.8) is 0 Å². The number of benzene rings is 3. The SMILES string of the molecule is COC(=O)c1cc(C#Cc2ccc(OC)cc2CCS(=O)(=O)O)cc(CN2CCN(Cc3cc(C#Cc4ccc(OC)cc4CCS(=O)(=O)O)cc(C)n3)CCN(Cc3cc(C#Cc4ccc(OC)cc4CCS(=O)(=O)O)cc(C(=O)OC)n3)CC2)n1. The molecular formula is C62H66N6O16S3. The Kier molecular flexibility index (Phi) is 23.1. The first kappa shape index (κ1) is 66.3. The minimum absolute atomic E-state index is 0.00989. The molecule has 4 heterocycles. The van der Waals surface area contributed by atoms with Crippen molar-refractivity contribution in [2.24, 2.45) is 0 Å². The van der Waals surface area contributed by atoms with Crippen molar-refractivity contribution in [1.29, 1.82) is 0 Å². The Morgan fingerprint density at radius 2 is 0.736 bits per heavy atom. The Labute approximate surface area is 507 Å². The highest BCUT2D eigenvalue weighted by Gasteiger charge is 2.22. The number of aryl methyl sites for hydroxylation is 4. The van der Waals surface area contributed by atoms with Gasteiger partial charge in [-0.3, -0.25) is 33.3 Å². The average molecular weight is 1250 g/mol. The third-order valence-corrected chi connectivity index (χ3v) is 15.9. The third-order valence-electron chi connectivity index (χ3n) is 13.8. The molecule has 0 aliphatic carbocycles. The Morgan fingerprint density at radius 3 is 1.02 bits per heavy atom. The smallest absolute Gasteiger partial charge is 0.356 e. The predicted molar refractivity (Wildman–Crippen MR) is 323 cm³/mol. The Hall–Kier alpha value is -8.26. The van der Waals surface area contributed by atoms with Gasteiger partial charge >= 0.3 is 11.9 Å². The van der Waals surface area contributed by atoms with Gasteiger partial charge in [0.2, 0.25) is 0 Å². The number of esters is 2. The lowest BCUT2D eigenvalue weighted by molar-refractivity contribution is 0.0584. The van der Waals surface area contributed by atoms with Gasteiger partial charge in [-0.25, -0.2) is 19.6 Å². The molecule has 22 nitrogen and oxygen atoms in total. The summed E-state index contributed by atoms with van der Waals surface area (Å²) < 4.78 is 125. The van der Waals surface area contributed by atoms with Crippen LogP contribution in [-0.2, 0) is 78.7 Å². The molecule has 6 aromatic rings. The fourth-order valence-corrected chi connectivity index (χ4v) is 10.8. The van der Waals surface area contributed by atoms with E-state index in [2.05, 4.69) is 50.2 Å². The maximum absolute atomic E-state index is 13.2. The van der Waals surface area contributed by atoms with Crippen LogP contribution in [0.5, 0.6) is 17.2 Å². The number of hydrogen-bond acceptors (Lipinski definition) is 19. The van der Waals surface area contributed by atoms with Crippen LogP contribution in [0.25, 0.3) is 0 Å². The predicted octanol–water partition coefficient (Wildman–Crippen LogP) is 5.09. The van der Waals surface area contributed by atoms with Gasteiger partial charge in [0.15, 0.2) is 0 Å². The summed E-state index contributed by atoms with van der Waals surface area (Å²) in [5.74, 6) is 17.3. The molecular weight excluding hydrogens is 1180 g/mol. The molecule has 0 bridgehead atoms. The van der Waals surface area contributed by atoms with Crippen molar-refractivity contribution in [2.45, 2.75) is 45.8 Å². The van der Waals surface area contributed by atoms with Crippen LogP contribution in [0.1, 0.15) is 93.8 Å². The van der Waals surface area contributed by atoms with Gasteiger partial charge in [0.05, 0.1) is 69.9 Å². The molecule has 1 aliphatic heterocycles. The van der Waals surface area contributed by atoms with Crippen molar-refractivity contribution in [2.75, 3.05) is 92.1 Å². The molecule has 7 rings (SSSR count). The van der Waals surface area contributed by atoms with E-state index in [-0.39, 0.29) is 43.7 Å². The van der Waals surface area contributed by atoms with E-state index in [1.165, 1.54) is 47.7 Å². The molecule has 3 aromatic carbocycles.